The lowest BCUT2D eigenvalue weighted by atomic mass is 9.83. The fourth-order valence-electron chi connectivity index (χ4n) is 4.48. The predicted octanol–water partition coefficient (Wildman–Crippen LogP) is 5.85. The Kier molecular flexibility index (Phi) is 12.7. The van der Waals surface area contributed by atoms with Gasteiger partial charge < -0.3 is 30.7 Å². The maximum absolute atomic E-state index is 12.8. The van der Waals surface area contributed by atoms with Gasteiger partial charge in [0, 0.05) is 13.5 Å². The van der Waals surface area contributed by atoms with Gasteiger partial charge in [-0.25, -0.2) is 0 Å². The number of anilines is 1. The molecule has 0 heterocycles. The van der Waals surface area contributed by atoms with Gasteiger partial charge in [-0.2, -0.15) is 0 Å². The third kappa shape index (κ3) is 10.2. The molecule has 0 fully saturated rings. The van der Waals surface area contributed by atoms with Crippen molar-refractivity contribution in [3.05, 3.63) is 53.6 Å². The lowest BCUT2D eigenvalue weighted by molar-refractivity contribution is -0.114. The van der Waals surface area contributed by atoms with Crippen LogP contribution in [-0.4, -0.2) is 43.2 Å². The van der Waals surface area contributed by atoms with Crippen LogP contribution in [0.5, 0.6) is 23.0 Å². The number of carbonyl (C=O) groups is 1. The molecule has 0 radical (unpaired) electrons. The summed E-state index contributed by atoms with van der Waals surface area (Å²) in [6.07, 6.45) is 8.62. The molecule has 5 N–H and O–H groups in total. The van der Waals surface area contributed by atoms with Crippen molar-refractivity contribution in [1.29, 1.82) is 0 Å². The van der Waals surface area contributed by atoms with Gasteiger partial charge in [0.25, 0.3) is 0 Å². The van der Waals surface area contributed by atoms with E-state index in [-0.39, 0.29) is 29.2 Å². The van der Waals surface area contributed by atoms with Gasteiger partial charge in [-0.1, -0.05) is 52.2 Å². The molecular formula is C31H45N3O5. The van der Waals surface area contributed by atoms with Crippen LogP contribution in [0.2, 0.25) is 0 Å². The number of rotatable bonds is 15. The molecule has 2 rings (SSSR count). The number of aliphatic imine (C=N–C) groups is 1. The summed E-state index contributed by atoms with van der Waals surface area (Å²) in [5, 5.41) is 23.3. The average Bonchev–Trinajstić information content (AvgIpc) is 2.91. The molecule has 0 aliphatic carbocycles. The lowest BCUT2D eigenvalue weighted by Crippen LogP contribution is -2.22. The van der Waals surface area contributed by atoms with Crippen LogP contribution in [0.4, 0.5) is 5.69 Å². The molecule has 0 saturated carbocycles. The van der Waals surface area contributed by atoms with Crippen molar-refractivity contribution in [3.63, 3.8) is 0 Å². The van der Waals surface area contributed by atoms with E-state index in [0.29, 0.717) is 48.3 Å². The number of ether oxygens (including phenoxy) is 2. The molecule has 2 atom stereocenters. The largest absolute Gasteiger partial charge is 0.504 e. The van der Waals surface area contributed by atoms with E-state index in [0.717, 1.165) is 30.4 Å². The Bertz CT molecular complexity index is 1140. The molecule has 8 nitrogen and oxygen atoms in total. The highest BCUT2D eigenvalue weighted by Gasteiger charge is 2.19. The minimum absolute atomic E-state index is 0.0361. The second-order valence-electron chi connectivity index (χ2n) is 10.4. The van der Waals surface area contributed by atoms with Crippen LogP contribution in [0, 0.1) is 17.8 Å². The number of aromatic hydroxyl groups is 2. The Morgan fingerprint density at radius 3 is 2.38 bits per heavy atom. The van der Waals surface area contributed by atoms with Gasteiger partial charge in [0.2, 0.25) is 0 Å². The van der Waals surface area contributed by atoms with E-state index in [1.54, 1.807) is 31.3 Å². The smallest absolute Gasteiger partial charge is 0.192 e. The predicted molar refractivity (Wildman–Crippen MR) is 158 cm³/mol. The molecule has 8 heteroatoms. The third-order valence-corrected chi connectivity index (χ3v) is 6.94. The van der Waals surface area contributed by atoms with Crippen LogP contribution in [0.15, 0.2) is 47.5 Å². The number of carbonyl (C=O) groups excluding carboxylic acids is 1. The Morgan fingerprint density at radius 1 is 1.05 bits per heavy atom. The standard InChI is InChI=1S/C31H45N3O5/c1-20(2)8-7-9-21(3)24(12-14-25(35)13-10-22-11-15-27(36)28(18-22)38-5)16-23-17-26(34-31(32)33-4)30(37)29(19-23)39-6/h11-12,14-15,17-21,24,36-37H,7-10,13,16H2,1-6H3,(H3,32,33,34). The van der Waals surface area contributed by atoms with Gasteiger partial charge in [0.1, 0.15) is 0 Å². The van der Waals surface area contributed by atoms with Gasteiger partial charge in [0.05, 0.1) is 19.9 Å². The van der Waals surface area contributed by atoms with E-state index in [2.05, 4.69) is 31.1 Å². The second kappa shape index (κ2) is 15.7. The quantitative estimate of drug-likeness (QED) is 0.0968. The Hall–Kier alpha value is -3.68. The normalized spacial score (nSPS) is 13.5. The number of hydrogen-bond donors (Lipinski definition) is 4. The SMILES string of the molecule is CN=C(N)Nc1cc(CC(C=CC(=O)CCc2ccc(O)c(OC)c2)C(C)CCCC(C)C)cc(OC)c1O. The number of ketones is 1. The number of methoxy groups -OCH3 is 2. The number of hydrogen-bond acceptors (Lipinski definition) is 6. The highest BCUT2D eigenvalue weighted by Crippen LogP contribution is 2.37. The zero-order chi connectivity index (χ0) is 28.9. The number of benzene rings is 2. The number of nitrogens with one attached hydrogen (secondary N) is 1. The van der Waals surface area contributed by atoms with Crippen molar-refractivity contribution >= 4 is 17.4 Å². The summed E-state index contributed by atoms with van der Waals surface area (Å²) in [7, 11) is 4.58. The molecule has 39 heavy (non-hydrogen) atoms. The van der Waals surface area contributed by atoms with E-state index < -0.39 is 0 Å². The molecule has 0 saturated heterocycles. The Labute approximate surface area is 232 Å². The Morgan fingerprint density at radius 2 is 1.74 bits per heavy atom. The van der Waals surface area contributed by atoms with Crippen molar-refractivity contribution < 1.29 is 24.5 Å². The average molecular weight is 540 g/mol. The minimum Gasteiger partial charge on any atom is -0.504 e. The van der Waals surface area contributed by atoms with E-state index in [1.807, 2.05) is 18.2 Å². The first-order valence-corrected chi connectivity index (χ1v) is 13.5. The van der Waals surface area contributed by atoms with E-state index in [1.165, 1.54) is 14.2 Å². The van der Waals surface area contributed by atoms with E-state index >= 15 is 0 Å². The summed E-state index contributed by atoms with van der Waals surface area (Å²) in [4.78, 5) is 16.7. The van der Waals surface area contributed by atoms with Crippen molar-refractivity contribution in [2.75, 3.05) is 26.6 Å². The van der Waals surface area contributed by atoms with Crippen LogP contribution < -0.4 is 20.5 Å². The number of aryl methyl sites for hydroxylation is 1. The molecule has 0 spiro atoms. The highest BCUT2D eigenvalue weighted by molar-refractivity contribution is 5.94. The molecule has 0 amide bonds. The van der Waals surface area contributed by atoms with Crippen molar-refractivity contribution in [1.82, 2.24) is 0 Å². The number of phenolic OH excluding ortho intramolecular Hbond substituents is 2. The van der Waals surface area contributed by atoms with Gasteiger partial charge in [-0.15, -0.1) is 0 Å². The first-order valence-electron chi connectivity index (χ1n) is 13.5. The molecule has 2 aromatic carbocycles. The van der Waals surface area contributed by atoms with E-state index in [9.17, 15) is 15.0 Å². The van der Waals surface area contributed by atoms with Gasteiger partial charge in [0.15, 0.2) is 34.7 Å². The van der Waals surface area contributed by atoms with E-state index in [4.69, 9.17) is 15.2 Å². The molecule has 0 aromatic heterocycles. The van der Waals surface area contributed by atoms with Crippen molar-refractivity contribution in [2.24, 2.45) is 28.5 Å². The van der Waals surface area contributed by atoms with Crippen molar-refractivity contribution in [2.45, 2.75) is 59.3 Å². The second-order valence-corrected chi connectivity index (χ2v) is 10.4. The minimum atomic E-state index is -0.0361. The summed E-state index contributed by atoms with van der Waals surface area (Å²) in [5.74, 6) is 2.10. The fraction of sp³-hybridized carbons (Fsp3) is 0.484. The zero-order valence-electron chi connectivity index (χ0n) is 24.2. The van der Waals surface area contributed by atoms with Gasteiger partial charge in [-0.05, 0) is 72.1 Å². The van der Waals surface area contributed by atoms with Crippen LogP contribution in [0.1, 0.15) is 57.6 Å². The molecule has 0 aliphatic rings. The van der Waals surface area contributed by atoms with Crippen molar-refractivity contribution in [3.8, 4) is 23.0 Å². The number of phenols is 2. The summed E-state index contributed by atoms with van der Waals surface area (Å²) >= 11 is 0. The number of guanidine groups is 1. The van der Waals surface area contributed by atoms with Gasteiger partial charge >= 0.3 is 0 Å². The maximum Gasteiger partial charge on any atom is 0.192 e. The first-order chi connectivity index (χ1) is 18.6. The monoisotopic (exact) mass is 539 g/mol. The fourth-order valence-corrected chi connectivity index (χ4v) is 4.48. The summed E-state index contributed by atoms with van der Waals surface area (Å²) < 4.78 is 10.6. The molecule has 0 aliphatic heterocycles. The topological polar surface area (TPSA) is 126 Å². The highest BCUT2D eigenvalue weighted by atomic mass is 16.5. The molecule has 2 aromatic rings. The number of nitrogens with two attached hydrogens (primary N) is 1. The van der Waals surface area contributed by atoms with Crippen LogP contribution in [0.3, 0.4) is 0 Å². The molecule has 2 unspecified atom stereocenters. The Balaban J connectivity index is 2.22. The number of nitrogens with zero attached hydrogens (tertiary/aromatic N) is 1. The van der Waals surface area contributed by atoms with Crippen LogP contribution >= 0.6 is 0 Å². The van der Waals surface area contributed by atoms with Crippen LogP contribution in [-0.2, 0) is 17.6 Å². The summed E-state index contributed by atoms with van der Waals surface area (Å²) in [6.45, 7) is 6.68. The molecular weight excluding hydrogens is 494 g/mol. The van der Waals surface area contributed by atoms with Crippen LogP contribution in [0.25, 0.3) is 0 Å². The third-order valence-electron chi connectivity index (χ3n) is 6.94. The summed E-state index contributed by atoms with van der Waals surface area (Å²) in [5.41, 5.74) is 8.13. The molecule has 214 valence electrons. The first kappa shape index (κ1) is 31.5. The summed E-state index contributed by atoms with van der Waals surface area (Å²) in [6, 6.07) is 8.80. The molecule has 0 bridgehead atoms. The zero-order valence-corrected chi connectivity index (χ0v) is 24.2. The van der Waals surface area contributed by atoms with Gasteiger partial charge in [-0.3, -0.25) is 9.79 Å². The number of allylic oxidation sites excluding steroid dienone is 2. The lowest BCUT2D eigenvalue weighted by Gasteiger charge is -2.23. The maximum atomic E-state index is 12.8.